The van der Waals surface area contributed by atoms with Crippen LogP contribution in [-0.2, 0) is 4.79 Å². The van der Waals surface area contributed by atoms with Gasteiger partial charge < -0.3 is 11.1 Å². The van der Waals surface area contributed by atoms with Crippen molar-refractivity contribution in [2.75, 3.05) is 5.32 Å². The average Bonchev–Trinajstić information content (AvgIpc) is 2.28. The number of carbonyl (C=O) groups excluding carboxylic acids is 1. The van der Waals surface area contributed by atoms with Gasteiger partial charge in [-0.05, 0) is 37.5 Å². The number of amides is 1. The van der Waals surface area contributed by atoms with Gasteiger partial charge in [0.25, 0.3) is 0 Å². The maximum Gasteiger partial charge on any atom is 0.244 e. The van der Waals surface area contributed by atoms with Crippen LogP contribution in [0.25, 0.3) is 0 Å². The van der Waals surface area contributed by atoms with Gasteiger partial charge in [-0.25, -0.2) is 4.39 Å². The first kappa shape index (κ1) is 11.6. The molecule has 0 saturated heterocycles. The molecule has 1 aromatic rings. The Kier molecular flexibility index (Phi) is 2.82. The number of nitriles is 1. The van der Waals surface area contributed by atoms with Crippen LogP contribution in [0, 0.1) is 17.1 Å². The molecule has 2 rings (SSSR count). The van der Waals surface area contributed by atoms with E-state index in [-0.39, 0.29) is 11.5 Å². The Labute approximate surface area is 98.2 Å². The number of benzene rings is 1. The first-order chi connectivity index (χ1) is 8.05. The third-order valence-electron chi connectivity index (χ3n) is 3.05. The second-order valence-corrected chi connectivity index (χ2v) is 4.27. The molecule has 0 heterocycles. The summed E-state index contributed by atoms with van der Waals surface area (Å²) in [4.78, 5) is 11.8. The van der Waals surface area contributed by atoms with Gasteiger partial charge >= 0.3 is 0 Å². The molecule has 1 fully saturated rings. The molecule has 3 N–H and O–H groups in total. The van der Waals surface area contributed by atoms with E-state index in [9.17, 15) is 9.18 Å². The molecule has 1 aliphatic carbocycles. The molecule has 4 nitrogen and oxygen atoms in total. The minimum atomic E-state index is -0.832. The Bertz CT molecular complexity index is 503. The molecule has 1 saturated carbocycles. The first-order valence-corrected chi connectivity index (χ1v) is 5.35. The van der Waals surface area contributed by atoms with Crippen molar-refractivity contribution in [1.82, 2.24) is 0 Å². The van der Waals surface area contributed by atoms with Crippen LogP contribution in [-0.4, -0.2) is 11.4 Å². The van der Waals surface area contributed by atoms with Crippen LogP contribution in [0.3, 0.4) is 0 Å². The Morgan fingerprint density at radius 3 is 2.76 bits per heavy atom. The molecular weight excluding hydrogens is 221 g/mol. The zero-order chi connectivity index (χ0) is 12.5. The van der Waals surface area contributed by atoms with E-state index < -0.39 is 11.4 Å². The van der Waals surface area contributed by atoms with Gasteiger partial charge in [0.05, 0.1) is 16.8 Å². The zero-order valence-electron chi connectivity index (χ0n) is 9.16. The van der Waals surface area contributed by atoms with Gasteiger partial charge in [-0.3, -0.25) is 4.79 Å². The highest BCUT2D eigenvalue weighted by Gasteiger charge is 2.40. The standard InChI is InChI=1S/C12H12FN3O/c13-9-2-3-10(8(6-9)7-14)16-11(17)12(15)4-1-5-12/h2-3,6H,1,4-5,15H2,(H,16,17). The van der Waals surface area contributed by atoms with Gasteiger partial charge in [-0.1, -0.05) is 0 Å². The highest BCUT2D eigenvalue weighted by Crippen LogP contribution is 2.30. The van der Waals surface area contributed by atoms with Crippen molar-refractivity contribution in [3.05, 3.63) is 29.6 Å². The van der Waals surface area contributed by atoms with Crippen LogP contribution in [0.15, 0.2) is 18.2 Å². The molecular formula is C12H12FN3O. The smallest absolute Gasteiger partial charge is 0.244 e. The van der Waals surface area contributed by atoms with Crippen molar-refractivity contribution in [3.8, 4) is 6.07 Å². The van der Waals surface area contributed by atoms with Crippen LogP contribution in [0.2, 0.25) is 0 Å². The fourth-order valence-electron chi connectivity index (χ4n) is 1.75. The lowest BCUT2D eigenvalue weighted by atomic mass is 9.77. The lowest BCUT2D eigenvalue weighted by Crippen LogP contribution is -2.56. The molecule has 17 heavy (non-hydrogen) atoms. The lowest BCUT2D eigenvalue weighted by Gasteiger charge is -2.36. The summed E-state index contributed by atoms with van der Waals surface area (Å²) in [6, 6.07) is 5.48. The van der Waals surface area contributed by atoms with E-state index in [1.165, 1.54) is 12.1 Å². The second kappa shape index (κ2) is 4.15. The van der Waals surface area contributed by atoms with Crippen LogP contribution < -0.4 is 11.1 Å². The minimum Gasteiger partial charge on any atom is -0.323 e. The predicted octanol–water partition coefficient (Wildman–Crippen LogP) is 1.52. The molecule has 0 spiro atoms. The summed E-state index contributed by atoms with van der Waals surface area (Å²) in [5, 5.41) is 11.4. The molecule has 1 amide bonds. The molecule has 1 aliphatic rings. The van der Waals surface area contributed by atoms with E-state index >= 15 is 0 Å². The van der Waals surface area contributed by atoms with Gasteiger partial charge in [0.1, 0.15) is 11.9 Å². The molecule has 0 aromatic heterocycles. The Hall–Kier alpha value is -1.93. The Morgan fingerprint density at radius 2 is 2.24 bits per heavy atom. The summed E-state index contributed by atoms with van der Waals surface area (Å²) >= 11 is 0. The molecule has 0 radical (unpaired) electrons. The molecule has 1 aromatic carbocycles. The maximum absolute atomic E-state index is 12.9. The minimum absolute atomic E-state index is 0.0984. The molecule has 0 aliphatic heterocycles. The van der Waals surface area contributed by atoms with Gasteiger partial charge in [0.2, 0.25) is 5.91 Å². The number of carbonyl (C=O) groups is 1. The maximum atomic E-state index is 12.9. The summed E-state index contributed by atoms with van der Waals surface area (Å²) in [6.07, 6.45) is 2.21. The largest absolute Gasteiger partial charge is 0.323 e. The monoisotopic (exact) mass is 233 g/mol. The fourth-order valence-corrected chi connectivity index (χ4v) is 1.75. The number of hydrogen-bond acceptors (Lipinski definition) is 3. The number of anilines is 1. The molecule has 0 atom stereocenters. The van der Waals surface area contributed by atoms with Crippen LogP contribution in [0.5, 0.6) is 0 Å². The second-order valence-electron chi connectivity index (χ2n) is 4.27. The van der Waals surface area contributed by atoms with Gasteiger partial charge in [-0.15, -0.1) is 0 Å². The number of rotatable bonds is 2. The predicted molar refractivity (Wildman–Crippen MR) is 60.5 cm³/mol. The van der Waals surface area contributed by atoms with Gasteiger partial charge in [0.15, 0.2) is 0 Å². The normalized spacial score (nSPS) is 16.8. The lowest BCUT2D eigenvalue weighted by molar-refractivity contribution is -0.123. The first-order valence-electron chi connectivity index (χ1n) is 5.35. The van der Waals surface area contributed by atoms with E-state index in [0.29, 0.717) is 18.5 Å². The summed E-state index contributed by atoms with van der Waals surface area (Å²) in [7, 11) is 0. The highest BCUT2D eigenvalue weighted by molar-refractivity contribution is 5.99. The van der Waals surface area contributed by atoms with Crippen LogP contribution in [0.1, 0.15) is 24.8 Å². The number of hydrogen-bond donors (Lipinski definition) is 2. The van der Waals surface area contributed by atoms with E-state index in [0.717, 1.165) is 12.5 Å². The van der Waals surface area contributed by atoms with E-state index in [4.69, 9.17) is 11.0 Å². The topological polar surface area (TPSA) is 78.9 Å². The van der Waals surface area contributed by atoms with Crippen molar-refractivity contribution >= 4 is 11.6 Å². The summed E-state index contributed by atoms with van der Waals surface area (Å²) in [6.45, 7) is 0. The molecule has 5 heteroatoms. The quantitative estimate of drug-likeness (QED) is 0.812. The van der Waals surface area contributed by atoms with Crippen molar-refractivity contribution in [2.45, 2.75) is 24.8 Å². The average molecular weight is 233 g/mol. The third-order valence-corrected chi connectivity index (χ3v) is 3.05. The number of nitrogens with one attached hydrogen (secondary N) is 1. The highest BCUT2D eigenvalue weighted by atomic mass is 19.1. The number of halogens is 1. The van der Waals surface area contributed by atoms with Crippen LogP contribution >= 0.6 is 0 Å². The molecule has 88 valence electrons. The van der Waals surface area contributed by atoms with Crippen LogP contribution in [0.4, 0.5) is 10.1 Å². The molecule has 0 bridgehead atoms. The van der Waals surface area contributed by atoms with Gasteiger partial charge in [0, 0.05) is 0 Å². The molecule has 0 unspecified atom stereocenters. The van der Waals surface area contributed by atoms with Crippen molar-refractivity contribution in [2.24, 2.45) is 5.73 Å². The van der Waals surface area contributed by atoms with Gasteiger partial charge in [-0.2, -0.15) is 5.26 Å². The fraction of sp³-hybridized carbons (Fsp3) is 0.333. The van der Waals surface area contributed by atoms with E-state index in [1.54, 1.807) is 0 Å². The Balaban J connectivity index is 2.19. The van der Waals surface area contributed by atoms with Crippen molar-refractivity contribution in [3.63, 3.8) is 0 Å². The SMILES string of the molecule is N#Cc1cc(F)ccc1NC(=O)C1(N)CCC1. The van der Waals surface area contributed by atoms with E-state index in [1.807, 2.05) is 6.07 Å². The Morgan fingerprint density at radius 1 is 1.53 bits per heavy atom. The summed E-state index contributed by atoms with van der Waals surface area (Å²) < 4.78 is 12.9. The summed E-state index contributed by atoms with van der Waals surface area (Å²) in [5.41, 5.74) is 5.41. The van der Waals surface area contributed by atoms with Crippen molar-refractivity contribution in [1.29, 1.82) is 5.26 Å². The third kappa shape index (κ3) is 2.12. The van der Waals surface area contributed by atoms with Crippen molar-refractivity contribution < 1.29 is 9.18 Å². The number of nitrogens with two attached hydrogens (primary N) is 1. The summed E-state index contributed by atoms with van der Waals surface area (Å²) in [5.74, 6) is -0.822. The number of nitrogens with zero attached hydrogens (tertiary/aromatic N) is 1. The zero-order valence-corrected chi connectivity index (χ0v) is 9.16. The van der Waals surface area contributed by atoms with E-state index in [2.05, 4.69) is 5.32 Å².